The van der Waals surface area contributed by atoms with Crippen LogP contribution in [0.4, 0.5) is 0 Å². The van der Waals surface area contributed by atoms with Gasteiger partial charge in [-0.2, -0.15) is 0 Å². The number of carbonyl (C=O) groups excluding carboxylic acids is 1. The number of carboxylic acid groups (broad SMARTS) is 1. The lowest BCUT2D eigenvalue weighted by Gasteiger charge is -2.28. The third-order valence-electron chi connectivity index (χ3n) is 3.58. The van der Waals surface area contributed by atoms with Crippen molar-refractivity contribution in [2.45, 2.75) is 40.7 Å². The van der Waals surface area contributed by atoms with Crippen LogP contribution >= 0.6 is 11.3 Å². The van der Waals surface area contributed by atoms with Crippen molar-refractivity contribution in [3.8, 4) is 0 Å². The Morgan fingerprint density at radius 2 is 2.16 bits per heavy atom. The molecule has 0 saturated carbocycles. The second kappa shape index (κ2) is 6.14. The van der Waals surface area contributed by atoms with E-state index in [-0.39, 0.29) is 18.2 Å². The molecule has 0 radical (unpaired) electrons. The van der Waals surface area contributed by atoms with Gasteiger partial charge in [-0.25, -0.2) is 4.98 Å². The fourth-order valence-corrected chi connectivity index (χ4v) is 2.31. The van der Waals surface area contributed by atoms with E-state index in [1.807, 2.05) is 20.8 Å². The van der Waals surface area contributed by atoms with Gasteiger partial charge in [0, 0.05) is 11.3 Å². The van der Waals surface area contributed by atoms with Crippen LogP contribution in [0.3, 0.4) is 0 Å². The summed E-state index contributed by atoms with van der Waals surface area (Å²) in [5.74, 6) is -1.29. The van der Waals surface area contributed by atoms with Gasteiger partial charge in [-0.3, -0.25) is 9.59 Å². The molecule has 0 aliphatic carbocycles. The molecule has 0 aliphatic heterocycles. The second-order valence-corrected chi connectivity index (χ2v) is 6.13. The molecule has 5 nitrogen and oxygen atoms in total. The van der Waals surface area contributed by atoms with Gasteiger partial charge in [0.1, 0.15) is 0 Å². The summed E-state index contributed by atoms with van der Waals surface area (Å²) in [6, 6.07) is 0. The molecule has 1 aromatic rings. The van der Waals surface area contributed by atoms with Crippen LogP contribution in [-0.2, 0) is 16.1 Å². The van der Waals surface area contributed by atoms with Crippen molar-refractivity contribution in [3.05, 3.63) is 16.1 Å². The molecule has 1 atom stereocenters. The van der Waals surface area contributed by atoms with Crippen molar-refractivity contribution in [1.29, 1.82) is 0 Å². The number of carboxylic acids is 1. The van der Waals surface area contributed by atoms with Gasteiger partial charge in [-0.1, -0.05) is 13.8 Å². The standard InChI is InChI=1S/C13H20N2O3S/c1-8(2)13(4,12(17)18)5-11(16)14-6-10-9(3)15-7-19-10/h7-8H,5-6H2,1-4H3,(H,14,16)(H,17,18). The molecule has 1 unspecified atom stereocenters. The molecule has 0 spiro atoms. The van der Waals surface area contributed by atoms with E-state index >= 15 is 0 Å². The van der Waals surface area contributed by atoms with E-state index < -0.39 is 11.4 Å². The van der Waals surface area contributed by atoms with Crippen LogP contribution in [0.25, 0.3) is 0 Å². The molecule has 106 valence electrons. The summed E-state index contributed by atoms with van der Waals surface area (Å²) < 4.78 is 0. The van der Waals surface area contributed by atoms with Gasteiger partial charge in [0.15, 0.2) is 0 Å². The van der Waals surface area contributed by atoms with E-state index in [2.05, 4.69) is 10.3 Å². The monoisotopic (exact) mass is 284 g/mol. The van der Waals surface area contributed by atoms with Gasteiger partial charge >= 0.3 is 5.97 Å². The number of carbonyl (C=O) groups is 2. The molecule has 2 N–H and O–H groups in total. The number of hydrogen-bond donors (Lipinski definition) is 2. The van der Waals surface area contributed by atoms with Crippen LogP contribution in [0.1, 0.15) is 37.8 Å². The SMILES string of the molecule is Cc1ncsc1CNC(=O)CC(C)(C(=O)O)C(C)C. The average molecular weight is 284 g/mol. The Balaban J connectivity index is 2.60. The Bertz CT molecular complexity index is 470. The summed E-state index contributed by atoms with van der Waals surface area (Å²) in [6.45, 7) is 7.53. The van der Waals surface area contributed by atoms with E-state index in [0.717, 1.165) is 10.6 Å². The average Bonchev–Trinajstić information content (AvgIpc) is 2.71. The van der Waals surface area contributed by atoms with E-state index in [4.69, 9.17) is 0 Å². The third-order valence-corrected chi connectivity index (χ3v) is 4.52. The van der Waals surface area contributed by atoms with Crippen LogP contribution < -0.4 is 5.32 Å². The summed E-state index contributed by atoms with van der Waals surface area (Å²) in [7, 11) is 0. The zero-order chi connectivity index (χ0) is 14.6. The molecule has 6 heteroatoms. The minimum absolute atomic E-state index is 0.0160. The van der Waals surface area contributed by atoms with Crippen molar-refractivity contribution in [3.63, 3.8) is 0 Å². The van der Waals surface area contributed by atoms with Gasteiger partial charge in [-0.15, -0.1) is 11.3 Å². The number of hydrogen-bond acceptors (Lipinski definition) is 4. The number of nitrogens with zero attached hydrogens (tertiary/aromatic N) is 1. The lowest BCUT2D eigenvalue weighted by Crippen LogP contribution is -2.39. The van der Waals surface area contributed by atoms with Gasteiger partial charge in [-0.05, 0) is 19.8 Å². The summed E-state index contributed by atoms with van der Waals surface area (Å²) in [5.41, 5.74) is 1.59. The molecule has 1 rings (SSSR count). The minimum atomic E-state index is -1.03. The third kappa shape index (κ3) is 3.76. The van der Waals surface area contributed by atoms with Crippen LogP contribution in [0.5, 0.6) is 0 Å². The van der Waals surface area contributed by atoms with Crippen LogP contribution in [-0.4, -0.2) is 22.0 Å². The van der Waals surface area contributed by atoms with Crippen molar-refractivity contribution >= 4 is 23.2 Å². The van der Waals surface area contributed by atoms with Gasteiger partial charge in [0.2, 0.25) is 5.91 Å². The summed E-state index contributed by atoms with van der Waals surface area (Å²) in [5, 5.41) is 12.0. The normalized spacial score (nSPS) is 14.2. The van der Waals surface area contributed by atoms with E-state index in [9.17, 15) is 14.7 Å². The number of aromatic nitrogens is 1. The number of rotatable bonds is 6. The molecular formula is C13H20N2O3S. The number of aryl methyl sites for hydroxylation is 1. The molecule has 1 amide bonds. The van der Waals surface area contributed by atoms with Gasteiger partial charge in [0.25, 0.3) is 0 Å². The predicted molar refractivity (Wildman–Crippen MR) is 73.9 cm³/mol. The highest BCUT2D eigenvalue weighted by atomic mass is 32.1. The predicted octanol–water partition coefficient (Wildman–Crippen LogP) is 2.20. The Morgan fingerprint density at radius 1 is 1.53 bits per heavy atom. The maximum atomic E-state index is 11.9. The highest BCUT2D eigenvalue weighted by molar-refractivity contribution is 7.09. The minimum Gasteiger partial charge on any atom is -0.481 e. The molecule has 0 saturated heterocycles. The number of amides is 1. The van der Waals surface area contributed by atoms with Crippen LogP contribution in [0, 0.1) is 18.3 Å². The topological polar surface area (TPSA) is 79.3 Å². The molecule has 0 bridgehead atoms. The van der Waals surface area contributed by atoms with E-state index in [0.29, 0.717) is 6.54 Å². The highest BCUT2D eigenvalue weighted by Gasteiger charge is 2.38. The second-order valence-electron chi connectivity index (χ2n) is 5.19. The molecule has 0 aliphatic rings. The highest BCUT2D eigenvalue weighted by Crippen LogP contribution is 2.31. The quantitative estimate of drug-likeness (QED) is 0.839. The Morgan fingerprint density at radius 3 is 2.58 bits per heavy atom. The smallest absolute Gasteiger partial charge is 0.310 e. The summed E-state index contributed by atoms with van der Waals surface area (Å²) >= 11 is 1.48. The van der Waals surface area contributed by atoms with Gasteiger partial charge in [0.05, 0.1) is 23.2 Å². The maximum Gasteiger partial charge on any atom is 0.310 e. The zero-order valence-electron chi connectivity index (χ0n) is 11.7. The van der Waals surface area contributed by atoms with Crippen LogP contribution in [0.2, 0.25) is 0 Å². The number of nitrogens with one attached hydrogen (secondary N) is 1. The molecular weight excluding hydrogens is 264 g/mol. The van der Waals surface area contributed by atoms with Crippen molar-refractivity contribution < 1.29 is 14.7 Å². The lowest BCUT2D eigenvalue weighted by atomic mass is 9.76. The first-order valence-electron chi connectivity index (χ1n) is 6.16. The molecule has 19 heavy (non-hydrogen) atoms. The first-order chi connectivity index (χ1) is 8.77. The van der Waals surface area contributed by atoms with Crippen molar-refractivity contribution in [1.82, 2.24) is 10.3 Å². The lowest BCUT2D eigenvalue weighted by molar-refractivity contribution is -0.153. The fraction of sp³-hybridized carbons (Fsp3) is 0.615. The zero-order valence-corrected chi connectivity index (χ0v) is 12.5. The first-order valence-corrected chi connectivity index (χ1v) is 7.04. The number of aliphatic carboxylic acids is 1. The summed E-state index contributed by atoms with van der Waals surface area (Å²) in [4.78, 5) is 28.3. The molecule has 0 aromatic carbocycles. The number of thiazole rings is 1. The molecule has 1 aromatic heterocycles. The maximum absolute atomic E-state index is 11.9. The fourth-order valence-electron chi connectivity index (χ4n) is 1.60. The first kappa shape index (κ1) is 15.6. The Hall–Kier alpha value is -1.43. The molecule has 0 fully saturated rings. The Labute approximate surface area is 117 Å². The Kier molecular flexibility index (Phi) is 5.05. The van der Waals surface area contributed by atoms with E-state index in [1.54, 1.807) is 12.4 Å². The van der Waals surface area contributed by atoms with Gasteiger partial charge < -0.3 is 10.4 Å². The summed E-state index contributed by atoms with van der Waals surface area (Å²) in [6.07, 6.45) is -0.0160. The van der Waals surface area contributed by atoms with E-state index in [1.165, 1.54) is 11.3 Å². The van der Waals surface area contributed by atoms with Crippen molar-refractivity contribution in [2.24, 2.45) is 11.3 Å². The van der Waals surface area contributed by atoms with Crippen LogP contribution in [0.15, 0.2) is 5.51 Å². The van der Waals surface area contributed by atoms with Crippen molar-refractivity contribution in [2.75, 3.05) is 0 Å². The molecule has 1 heterocycles. The largest absolute Gasteiger partial charge is 0.481 e.